The van der Waals surface area contributed by atoms with Crippen molar-refractivity contribution in [2.45, 2.75) is 26.3 Å². The summed E-state index contributed by atoms with van der Waals surface area (Å²) in [6.07, 6.45) is 7.70. The van der Waals surface area contributed by atoms with E-state index in [-0.39, 0.29) is 5.54 Å². The molecule has 0 aromatic carbocycles. The van der Waals surface area contributed by atoms with Crippen LogP contribution in [-0.2, 0) is 0 Å². The third-order valence-electron chi connectivity index (χ3n) is 1.97. The highest BCUT2D eigenvalue weighted by Gasteiger charge is 2.29. The molecule has 0 spiro atoms. The number of hydrogen-bond donors (Lipinski definition) is 1. The fourth-order valence-electron chi connectivity index (χ4n) is 1.36. The molecule has 2 heterocycles. The average molecular weight is 178 g/mol. The van der Waals surface area contributed by atoms with E-state index in [1.807, 2.05) is 23.5 Å². The maximum absolute atomic E-state index is 4.18. The highest BCUT2D eigenvalue weighted by Crippen LogP contribution is 2.24. The van der Waals surface area contributed by atoms with E-state index in [9.17, 15) is 0 Å². The largest absolute Gasteiger partial charge is 0.267 e. The Hall–Kier alpha value is -1.45. The van der Waals surface area contributed by atoms with Crippen LogP contribution in [0, 0.1) is 0 Å². The first-order valence-electron chi connectivity index (χ1n) is 4.35. The van der Waals surface area contributed by atoms with Crippen molar-refractivity contribution >= 4 is 6.34 Å². The molecule has 13 heavy (non-hydrogen) atoms. The molecule has 0 saturated carbocycles. The van der Waals surface area contributed by atoms with Crippen molar-refractivity contribution in [2.24, 2.45) is 4.99 Å². The summed E-state index contributed by atoms with van der Waals surface area (Å²) in [5.74, 6) is 0.928. The van der Waals surface area contributed by atoms with E-state index < -0.39 is 0 Å². The molecule has 0 fully saturated rings. The monoisotopic (exact) mass is 178 g/mol. The average Bonchev–Trinajstić information content (AvgIpc) is 2.48. The van der Waals surface area contributed by atoms with Gasteiger partial charge >= 0.3 is 0 Å². The normalized spacial score (nSPS) is 20.1. The zero-order valence-electron chi connectivity index (χ0n) is 8.15. The molecule has 0 amide bonds. The van der Waals surface area contributed by atoms with Crippen molar-refractivity contribution in [1.29, 1.82) is 0 Å². The summed E-state index contributed by atoms with van der Waals surface area (Å²) in [7, 11) is 0. The first-order chi connectivity index (χ1) is 6.09. The lowest BCUT2D eigenvalue weighted by molar-refractivity contribution is -0.0357. The van der Waals surface area contributed by atoms with Crippen molar-refractivity contribution in [3.05, 3.63) is 24.2 Å². The Kier molecular flexibility index (Phi) is 1.58. The number of hydrogen-bond acceptors (Lipinski definition) is 4. The second-order valence-electron chi connectivity index (χ2n) is 4.08. The maximum Gasteiger partial charge on any atom is 0.171 e. The number of nitrogens with one attached hydrogen (secondary N) is 1. The molecule has 0 saturated heterocycles. The minimum Gasteiger partial charge on any atom is -0.267 e. The highest BCUT2D eigenvalue weighted by atomic mass is 15.8. The maximum atomic E-state index is 4.18. The molecule has 0 bridgehead atoms. The van der Waals surface area contributed by atoms with E-state index in [2.05, 4.69) is 36.2 Å². The summed E-state index contributed by atoms with van der Waals surface area (Å²) in [4.78, 5) is 4.18. The summed E-state index contributed by atoms with van der Waals surface area (Å²) in [6.45, 7) is 6.46. The number of hydrazine groups is 2. The second kappa shape index (κ2) is 2.52. The molecule has 4 heteroatoms. The van der Waals surface area contributed by atoms with Gasteiger partial charge in [0.05, 0.1) is 5.54 Å². The molecule has 0 atom stereocenters. The molecular formula is C9H14N4. The third-order valence-corrected chi connectivity index (χ3v) is 1.97. The van der Waals surface area contributed by atoms with E-state index in [1.165, 1.54) is 0 Å². The molecule has 0 aromatic heterocycles. The summed E-state index contributed by atoms with van der Waals surface area (Å²) < 4.78 is 0. The van der Waals surface area contributed by atoms with Gasteiger partial charge in [0.15, 0.2) is 5.82 Å². The zero-order chi connectivity index (χ0) is 9.47. The van der Waals surface area contributed by atoms with Crippen molar-refractivity contribution in [3.63, 3.8) is 0 Å². The van der Waals surface area contributed by atoms with Gasteiger partial charge in [-0.05, 0) is 32.9 Å². The Morgan fingerprint density at radius 3 is 2.85 bits per heavy atom. The van der Waals surface area contributed by atoms with Crippen LogP contribution in [0.4, 0.5) is 0 Å². The van der Waals surface area contributed by atoms with Crippen LogP contribution in [0.1, 0.15) is 20.8 Å². The van der Waals surface area contributed by atoms with Gasteiger partial charge in [0.1, 0.15) is 6.34 Å². The second-order valence-corrected chi connectivity index (χ2v) is 4.08. The number of aliphatic imine (C=N–C) groups is 1. The van der Waals surface area contributed by atoms with E-state index in [1.54, 1.807) is 6.34 Å². The molecule has 1 N–H and O–H groups in total. The summed E-state index contributed by atoms with van der Waals surface area (Å²) >= 11 is 0. The first-order valence-corrected chi connectivity index (χ1v) is 4.35. The topological polar surface area (TPSA) is 30.9 Å². The van der Waals surface area contributed by atoms with Crippen LogP contribution < -0.4 is 5.43 Å². The molecule has 4 nitrogen and oxygen atoms in total. The zero-order valence-corrected chi connectivity index (χ0v) is 8.15. The van der Waals surface area contributed by atoms with Gasteiger partial charge < -0.3 is 0 Å². The fourth-order valence-corrected chi connectivity index (χ4v) is 1.36. The molecule has 0 aliphatic carbocycles. The van der Waals surface area contributed by atoms with E-state index >= 15 is 0 Å². The predicted octanol–water partition coefficient (Wildman–Crippen LogP) is 1.22. The van der Waals surface area contributed by atoms with Crippen LogP contribution >= 0.6 is 0 Å². The number of fused-ring (bicyclic) bond motifs is 1. The molecule has 70 valence electrons. The van der Waals surface area contributed by atoms with Crippen LogP contribution in [-0.4, -0.2) is 22.0 Å². The lowest BCUT2D eigenvalue weighted by atomic mass is 10.1. The number of rotatable bonds is 0. The third kappa shape index (κ3) is 1.28. The quantitative estimate of drug-likeness (QED) is 0.605. The Morgan fingerprint density at radius 1 is 1.38 bits per heavy atom. The highest BCUT2D eigenvalue weighted by molar-refractivity contribution is 5.59. The van der Waals surface area contributed by atoms with Gasteiger partial charge in [-0.25, -0.2) is 4.99 Å². The van der Waals surface area contributed by atoms with Crippen LogP contribution in [0.25, 0.3) is 0 Å². The smallest absolute Gasteiger partial charge is 0.171 e. The van der Waals surface area contributed by atoms with E-state index in [0.717, 1.165) is 5.82 Å². The Balaban J connectivity index is 2.26. The first kappa shape index (κ1) is 8.16. The molecular weight excluding hydrogens is 164 g/mol. The summed E-state index contributed by atoms with van der Waals surface area (Å²) in [5, 5.41) is 4.04. The van der Waals surface area contributed by atoms with Crippen molar-refractivity contribution in [3.8, 4) is 0 Å². The van der Waals surface area contributed by atoms with Gasteiger partial charge in [-0.15, -0.1) is 0 Å². The minimum atomic E-state index is 0.0523. The molecule has 2 aliphatic rings. The predicted molar refractivity (Wildman–Crippen MR) is 52.3 cm³/mol. The molecule has 0 unspecified atom stereocenters. The Morgan fingerprint density at radius 2 is 2.15 bits per heavy atom. The summed E-state index contributed by atoms with van der Waals surface area (Å²) in [6, 6.07) is 0. The van der Waals surface area contributed by atoms with Gasteiger partial charge in [0.25, 0.3) is 0 Å². The lowest BCUT2D eigenvalue weighted by Gasteiger charge is -2.42. The van der Waals surface area contributed by atoms with Crippen LogP contribution in [0.3, 0.4) is 0 Å². The molecule has 0 aromatic rings. The molecule has 2 aliphatic heterocycles. The SMILES string of the molecule is CC(C)(C)N1C=CC=C2N=CNN21. The van der Waals surface area contributed by atoms with E-state index in [0.29, 0.717) is 0 Å². The number of nitrogens with zero attached hydrogens (tertiary/aromatic N) is 3. The van der Waals surface area contributed by atoms with Gasteiger partial charge in [0.2, 0.25) is 0 Å². The van der Waals surface area contributed by atoms with Crippen molar-refractivity contribution in [2.75, 3.05) is 0 Å². The van der Waals surface area contributed by atoms with Gasteiger partial charge in [-0.2, -0.15) is 5.12 Å². The Bertz CT molecular complexity index is 295. The van der Waals surface area contributed by atoms with Gasteiger partial charge in [-0.3, -0.25) is 10.4 Å². The number of allylic oxidation sites excluding steroid dienone is 2. The molecule has 0 radical (unpaired) electrons. The lowest BCUT2D eigenvalue weighted by Crippen LogP contribution is -2.53. The van der Waals surface area contributed by atoms with Crippen LogP contribution in [0.2, 0.25) is 0 Å². The van der Waals surface area contributed by atoms with Crippen LogP contribution in [0.5, 0.6) is 0 Å². The van der Waals surface area contributed by atoms with Crippen molar-refractivity contribution in [1.82, 2.24) is 15.6 Å². The standard InChI is InChI=1S/C9H14N4/c1-9(2,3)12-6-4-5-8-10-7-11-13(8)12/h4-7H,1-3H3,(H,10,11). The van der Waals surface area contributed by atoms with Crippen molar-refractivity contribution < 1.29 is 0 Å². The fraction of sp³-hybridized carbons (Fsp3) is 0.444. The summed E-state index contributed by atoms with van der Waals surface area (Å²) in [5.41, 5.74) is 3.12. The molecule has 2 rings (SSSR count). The Labute approximate surface area is 78.2 Å². The van der Waals surface area contributed by atoms with E-state index in [4.69, 9.17) is 0 Å². The van der Waals surface area contributed by atoms with Gasteiger partial charge in [-0.1, -0.05) is 0 Å². The minimum absolute atomic E-state index is 0.0523. The van der Waals surface area contributed by atoms with Gasteiger partial charge in [0, 0.05) is 6.20 Å². The van der Waals surface area contributed by atoms with Crippen LogP contribution in [0.15, 0.2) is 29.2 Å².